The number of rotatable bonds is 5. The van der Waals surface area contributed by atoms with Crippen LogP contribution >= 0.6 is 27.3 Å². The fraction of sp³-hybridized carbons (Fsp3) is 0.308. The van der Waals surface area contributed by atoms with E-state index in [9.17, 15) is 4.79 Å². The lowest BCUT2D eigenvalue weighted by atomic mass is 10.3. The van der Waals surface area contributed by atoms with E-state index in [0.717, 1.165) is 6.54 Å². The first-order valence-corrected chi connectivity index (χ1v) is 7.47. The summed E-state index contributed by atoms with van der Waals surface area (Å²) >= 11 is 4.99. The highest BCUT2D eigenvalue weighted by atomic mass is 79.9. The van der Waals surface area contributed by atoms with Gasteiger partial charge in [0, 0.05) is 30.2 Å². The second-order valence-corrected chi connectivity index (χ2v) is 5.88. The van der Waals surface area contributed by atoms with Gasteiger partial charge in [-0.15, -0.1) is 11.3 Å². The van der Waals surface area contributed by atoms with E-state index in [1.807, 2.05) is 12.3 Å². The van der Waals surface area contributed by atoms with E-state index in [0.29, 0.717) is 17.1 Å². The smallest absolute Gasteiger partial charge is 0.264 e. The van der Waals surface area contributed by atoms with Crippen LogP contribution in [0.1, 0.15) is 17.8 Å². The van der Waals surface area contributed by atoms with Gasteiger partial charge < -0.3 is 9.88 Å². The topological polar surface area (TPSA) is 34.0 Å². The summed E-state index contributed by atoms with van der Waals surface area (Å²) in [5.74, 6) is 0. The maximum atomic E-state index is 11.8. The quantitative estimate of drug-likeness (QED) is 0.916. The Balaban J connectivity index is 1.89. The number of thiophene rings is 1. The average molecular weight is 327 g/mol. The number of pyridine rings is 1. The molecule has 0 saturated carbocycles. The van der Waals surface area contributed by atoms with Crippen molar-refractivity contribution in [3.8, 4) is 0 Å². The lowest BCUT2D eigenvalue weighted by Gasteiger charge is -2.13. The van der Waals surface area contributed by atoms with Crippen molar-refractivity contribution < 1.29 is 0 Å². The van der Waals surface area contributed by atoms with Gasteiger partial charge in [0.05, 0.1) is 4.47 Å². The minimum Gasteiger partial charge on any atom is -0.313 e. The molecule has 0 bridgehead atoms. The van der Waals surface area contributed by atoms with Crippen molar-refractivity contribution in [2.24, 2.45) is 0 Å². The zero-order valence-electron chi connectivity index (χ0n) is 10.1. The second kappa shape index (κ2) is 6.31. The molecular weight excluding hydrogens is 312 g/mol. The fourth-order valence-corrected chi connectivity index (χ4v) is 2.86. The van der Waals surface area contributed by atoms with Crippen molar-refractivity contribution in [3.05, 3.63) is 55.5 Å². The van der Waals surface area contributed by atoms with Gasteiger partial charge in [-0.2, -0.15) is 0 Å². The van der Waals surface area contributed by atoms with E-state index in [1.54, 1.807) is 22.0 Å². The molecule has 0 saturated heterocycles. The van der Waals surface area contributed by atoms with Crippen molar-refractivity contribution in [1.82, 2.24) is 9.88 Å². The van der Waals surface area contributed by atoms with Crippen LogP contribution in [0.5, 0.6) is 0 Å². The largest absolute Gasteiger partial charge is 0.313 e. The van der Waals surface area contributed by atoms with E-state index >= 15 is 0 Å². The normalized spacial score (nSPS) is 12.6. The van der Waals surface area contributed by atoms with Crippen LogP contribution in [0.3, 0.4) is 0 Å². The molecule has 0 aliphatic heterocycles. The first kappa shape index (κ1) is 13.5. The highest BCUT2D eigenvalue weighted by molar-refractivity contribution is 9.10. The maximum absolute atomic E-state index is 11.8. The Hall–Kier alpha value is -0.910. The van der Waals surface area contributed by atoms with E-state index in [4.69, 9.17) is 0 Å². The highest BCUT2D eigenvalue weighted by Gasteiger charge is 2.05. The molecule has 2 heterocycles. The lowest BCUT2D eigenvalue weighted by Crippen LogP contribution is -2.28. The summed E-state index contributed by atoms with van der Waals surface area (Å²) in [4.78, 5) is 13.1. The summed E-state index contributed by atoms with van der Waals surface area (Å²) in [5.41, 5.74) is 0.0167. The number of hydrogen-bond donors (Lipinski definition) is 1. The van der Waals surface area contributed by atoms with Crippen molar-refractivity contribution in [2.75, 3.05) is 6.54 Å². The predicted octanol–water partition coefficient (Wildman–Crippen LogP) is 3.02. The van der Waals surface area contributed by atoms with Gasteiger partial charge in [-0.1, -0.05) is 6.07 Å². The molecule has 2 aromatic heterocycles. The molecule has 3 nitrogen and oxygen atoms in total. The van der Waals surface area contributed by atoms with Gasteiger partial charge >= 0.3 is 0 Å². The van der Waals surface area contributed by atoms with Crippen LogP contribution < -0.4 is 10.9 Å². The molecule has 0 radical (unpaired) electrons. The molecule has 0 spiro atoms. The van der Waals surface area contributed by atoms with Crippen LogP contribution in [0.2, 0.25) is 0 Å². The Morgan fingerprint density at radius 2 is 2.28 bits per heavy atom. The van der Waals surface area contributed by atoms with Gasteiger partial charge in [0.15, 0.2) is 0 Å². The molecule has 1 atom stereocenters. The summed E-state index contributed by atoms with van der Waals surface area (Å²) in [6.07, 6.45) is 1.81. The Morgan fingerprint density at radius 1 is 1.44 bits per heavy atom. The van der Waals surface area contributed by atoms with Gasteiger partial charge in [0.25, 0.3) is 5.56 Å². The van der Waals surface area contributed by atoms with Crippen molar-refractivity contribution >= 4 is 27.3 Å². The number of nitrogens with one attached hydrogen (secondary N) is 1. The van der Waals surface area contributed by atoms with Gasteiger partial charge in [0.2, 0.25) is 0 Å². The fourth-order valence-electron chi connectivity index (χ4n) is 1.72. The number of halogens is 1. The van der Waals surface area contributed by atoms with Crippen LogP contribution in [0.25, 0.3) is 0 Å². The minimum absolute atomic E-state index is 0.0167. The van der Waals surface area contributed by atoms with Crippen LogP contribution in [-0.4, -0.2) is 11.1 Å². The highest BCUT2D eigenvalue weighted by Crippen LogP contribution is 2.17. The molecule has 1 N–H and O–H groups in total. The van der Waals surface area contributed by atoms with Crippen LogP contribution in [0.15, 0.2) is 45.1 Å². The third-order valence-electron chi connectivity index (χ3n) is 2.75. The molecule has 0 amide bonds. The third-order valence-corrected chi connectivity index (χ3v) is 4.41. The first-order valence-electron chi connectivity index (χ1n) is 5.80. The molecule has 96 valence electrons. The van der Waals surface area contributed by atoms with Crippen molar-refractivity contribution in [3.63, 3.8) is 0 Å². The summed E-state index contributed by atoms with van der Waals surface area (Å²) in [6, 6.07) is 8.13. The average Bonchev–Trinajstić information content (AvgIpc) is 2.88. The van der Waals surface area contributed by atoms with E-state index < -0.39 is 0 Å². The number of nitrogens with zero attached hydrogens (tertiary/aromatic N) is 1. The second-order valence-electron chi connectivity index (χ2n) is 4.05. The third kappa shape index (κ3) is 3.31. The monoisotopic (exact) mass is 326 g/mol. The van der Waals surface area contributed by atoms with Crippen molar-refractivity contribution in [2.45, 2.75) is 19.5 Å². The zero-order chi connectivity index (χ0) is 13.0. The molecule has 0 aromatic carbocycles. The summed E-state index contributed by atoms with van der Waals surface area (Å²) in [6.45, 7) is 3.58. The summed E-state index contributed by atoms with van der Waals surface area (Å²) in [5, 5.41) is 5.49. The molecule has 0 aliphatic carbocycles. The maximum Gasteiger partial charge on any atom is 0.264 e. The molecule has 2 aromatic rings. The summed E-state index contributed by atoms with van der Waals surface area (Å²) < 4.78 is 2.31. The minimum atomic E-state index is 0.0167. The van der Waals surface area contributed by atoms with Gasteiger partial charge in [-0.3, -0.25) is 4.79 Å². The predicted molar refractivity (Wildman–Crippen MR) is 79.1 cm³/mol. The standard InChI is InChI=1S/C13H15BrN2OS/c1-10(12-5-3-9-18-12)15-6-8-16-7-2-4-11(14)13(16)17/h2-5,7,9-10,15H,6,8H2,1H3. The first-order chi connectivity index (χ1) is 8.68. The van der Waals surface area contributed by atoms with E-state index in [2.05, 4.69) is 45.7 Å². The SMILES string of the molecule is CC(NCCn1cccc(Br)c1=O)c1cccs1. The number of hydrogen-bond acceptors (Lipinski definition) is 3. The van der Waals surface area contributed by atoms with Crippen LogP contribution in [0.4, 0.5) is 0 Å². The van der Waals surface area contributed by atoms with Crippen LogP contribution in [0, 0.1) is 0 Å². The molecule has 0 fully saturated rings. The Bertz CT molecular complexity index is 550. The van der Waals surface area contributed by atoms with Crippen molar-refractivity contribution in [1.29, 1.82) is 0 Å². The van der Waals surface area contributed by atoms with E-state index in [-0.39, 0.29) is 5.56 Å². The molecule has 18 heavy (non-hydrogen) atoms. The number of aromatic nitrogens is 1. The molecule has 5 heteroatoms. The molecular formula is C13H15BrN2OS. The summed E-state index contributed by atoms with van der Waals surface area (Å²) in [7, 11) is 0. The molecule has 2 rings (SSSR count). The van der Waals surface area contributed by atoms with Gasteiger partial charge in [-0.05, 0) is 46.4 Å². The van der Waals surface area contributed by atoms with Gasteiger partial charge in [-0.25, -0.2) is 0 Å². The molecule has 0 aliphatic rings. The Labute approximate surface area is 119 Å². The lowest BCUT2D eigenvalue weighted by molar-refractivity contribution is 0.529. The molecule has 1 unspecified atom stereocenters. The van der Waals surface area contributed by atoms with E-state index in [1.165, 1.54) is 4.88 Å². The Kier molecular flexibility index (Phi) is 4.74. The van der Waals surface area contributed by atoms with Gasteiger partial charge in [0.1, 0.15) is 0 Å². The van der Waals surface area contributed by atoms with Crippen LogP contribution in [-0.2, 0) is 6.54 Å². The zero-order valence-corrected chi connectivity index (χ0v) is 12.5. The Morgan fingerprint density at radius 3 is 3.00 bits per heavy atom.